The van der Waals surface area contributed by atoms with E-state index in [0.717, 1.165) is 33.1 Å². The molecule has 0 saturated heterocycles. The van der Waals surface area contributed by atoms with Crippen LogP contribution in [0.3, 0.4) is 0 Å². The second-order valence-electron chi connectivity index (χ2n) is 5.61. The van der Waals surface area contributed by atoms with Crippen molar-refractivity contribution in [3.63, 3.8) is 0 Å². The number of pyridine rings is 2. The van der Waals surface area contributed by atoms with E-state index in [1.54, 1.807) is 25.4 Å². The molecular weight excluding hydrogens is 300 g/mol. The first-order chi connectivity index (χ1) is 11.7. The zero-order valence-corrected chi connectivity index (χ0v) is 12.9. The van der Waals surface area contributed by atoms with Gasteiger partial charge in [0.05, 0.1) is 11.7 Å². The number of nitrogens with one attached hydrogen (secondary N) is 1. The number of hydrogen-bond donors (Lipinski definition) is 1. The third-order valence-corrected chi connectivity index (χ3v) is 4.07. The SMILES string of the molecule is CC(=O)c1ccc(-c2cnc3[nH]c4cnc(C#N)cc4c3c2)cc1. The fourth-order valence-electron chi connectivity index (χ4n) is 2.79. The number of carbonyl (C=O) groups is 1. The monoisotopic (exact) mass is 312 g/mol. The molecule has 4 rings (SSSR count). The lowest BCUT2D eigenvalue weighted by atomic mass is 10.0. The number of Topliss-reactive ketones (excluding diaryl/α,β-unsaturated/α-hetero) is 1. The van der Waals surface area contributed by atoms with E-state index in [4.69, 9.17) is 5.26 Å². The van der Waals surface area contributed by atoms with Gasteiger partial charge in [0.25, 0.3) is 0 Å². The van der Waals surface area contributed by atoms with Crippen molar-refractivity contribution in [2.24, 2.45) is 0 Å². The van der Waals surface area contributed by atoms with E-state index in [1.807, 2.05) is 30.3 Å². The molecule has 0 radical (unpaired) electrons. The van der Waals surface area contributed by atoms with Gasteiger partial charge in [-0.15, -0.1) is 0 Å². The Bertz CT molecular complexity index is 1130. The number of carbonyl (C=O) groups excluding carboxylic acids is 1. The molecule has 0 fully saturated rings. The van der Waals surface area contributed by atoms with Gasteiger partial charge in [0.15, 0.2) is 5.78 Å². The molecule has 3 heterocycles. The standard InChI is InChI=1S/C19H12N4O/c1-11(24)12-2-4-13(5-3-12)14-6-17-16-7-15(8-20)21-10-18(16)23-19(17)22-9-14/h2-7,9-10H,1H3,(H,22,23). The minimum atomic E-state index is 0.0447. The normalized spacial score (nSPS) is 10.8. The van der Waals surface area contributed by atoms with Crippen molar-refractivity contribution in [1.82, 2.24) is 15.0 Å². The number of benzene rings is 1. The van der Waals surface area contributed by atoms with Crippen molar-refractivity contribution >= 4 is 27.7 Å². The molecule has 1 N–H and O–H groups in total. The maximum absolute atomic E-state index is 11.4. The van der Waals surface area contributed by atoms with Gasteiger partial charge in [-0.2, -0.15) is 5.26 Å². The molecule has 0 aliphatic heterocycles. The van der Waals surface area contributed by atoms with Crippen LogP contribution in [-0.2, 0) is 0 Å². The summed E-state index contributed by atoms with van der Waals surface area (Å²) < 4.78 is 0. The van der Waals surface area contributed by atoms with Gasteiger partial charge in [-0.25, -0.2) is 9.97 Å². The molecule has 0 unspecified atom stereocenters. The highest BCUT2D eigenvalue weighted by molar-refractivity contribution is 6.07. The van der Waals surface area contributed by atoms with Crippen LogP contribution < -0.4 is 0 Å². The Morgan fingerprint density at radius 2 is 1.83 bits per heavy atom. The fourth-order valence-corrected chi connectivity index (χ4v) is 2.79. The second kappa shape index (κ2) is 5.28. The van der Waals surface area contributed by atoms with Gasteiger partial charge in [-0.1, -0.05) is 24.3 Å². The number of aromatic amines is 1. The van der Waals surface area contributed by atoms with Gasteiger partial charge < -0.3 is 4.98 Å². The number of aromatic nitrogens is 3. The van der Waals surface area contributed by atoms with Gasteiger partial charge in [-0.05, 0) is 24.6 Å². The van der Waals surface area contributed by atoms with E-state index in [0.29, 0.717) is 11.3 Å². The lowest BCUT2D eigenvalue weighted by molar-refractivity contribution is 0.101. The van der Waals surface area contributed by atoms with Crippen molar-refractivity contribution in [3.8, 4) is 17.2 Å². The summed E-state index contributed by atoms with van der Waals surface area (Å²) in [6, 6.07) is 13.3. The highest BCUT2D eigenvalue weighted by atomic mass is 16.1. The lowest BCUT2D eigenvalue weighted by Crippen LogP contribution is -1.91. The first-order valence-electron chi connectivity index (χ1n) is 7.44. The Morgan fingerprint density at radius 3 is 2.54 bits per heavy atom. The van der Waals surface area contributed by atoms with E-state index in [-0.39, 0.29) is 5.78 Å². The zero-order valence-electron chi connectivity index (χ0n) is 12.9. The van der Waals surface area contributed by atoms with E-state index in [2.05, 4.69) is 21.0 Å². The molecule has 0 amide bonds. The molecular formula is C19H12N4O. The predicted molar refractivity (Wildman–Crippen MR) is 91.6 cm³/mol. The van der Waals surface area contributed by atoms with Crippen LogP contribution >= 0.6 is 0 Å². The number of fused-ring (bicyclic) bond motifs is 3. The predicted octanol–water partition coefficient (Wildman–Crippen LogP) is 3.85. The highest BCUT2D eigenvalue weighted by Gasteiger charge is 2.09. The van der Waals surface area contributed by atoms with Gasteiger partial charge in [-0.3, -0.25) is 4.79 Å². The zero-order chi connectivity index (χ0) is 16.7. The molecule has 114 valence electrons. The fraction of sp³-hybridized carbons (Fsp3) is 0.0526. The number of H-pyrrole nitrogens is 1. The molecule has 4 aromatic rings. The van der Waals surface area contributed by atoms with E-state index < -0.39 is 0 Å². The summed E-state index contributed by atoms with van der Waals surface area (Å²) in [5.74, 6) is 0.0447. The highest BCUT2D eigenvalue weighted by Crippen LogP contribution is 2.28. The van der Waals surface area contributed by atoms with Crippen LogP contribution in [0.5, 0.6) is 0 Å². The average Bonchev–Trinajstić information content (AvgIpc) is 2.98. The van der Waals surface area contributed by atoms with Crippen molar-refractivity contribution in [3.05, 3.63) is 60.0 Å². The van der Waals surface area contributed by atoms with E-state index in [1.165, 1.54) is 0 Å². The summed E-state index contributed by atoms with van der Waals surface area (Å²) in [5, 5.41) is 10.9. The quantitative estimate of drug-likeness (QED) is 0.570. The molecule has 5 nitrogen and oxygen atoms in total. The molecule has 0 aliphatic carbocycles. The molecule has 5 heteroatoms. The second-order valence-corrected chi connectivity index (χ2v) is 5.61. The third-order valence-electron chi connectivity index (χ3n) is 4.07. The largest absolute Gasteiger partial charge is 0.338 e. The van der Waals surface area contributed by atoms with Crippen LogP contribution in [0.1, 0.15) is 23.0 Å². The van der Waals surface area contributed by atoms with Gasteiger partial charge in [0, 0.05) is 28.1 Å². The van der Waals surface area contributed by atoms with Gasteiger partial charge in [0.1, 0.15) is 17.4 Å². The molecule has 0 atom stereocenters. The summed E-state index contributed by atoms with van der Waals surface area (Å²) in [5.41, 5.74) is 4.60. The van der Waals surface area contributed by atoms with Crippen molar-refractivity contribution in [2.75, 3.05) is 0 Å². The Morgan fingerprint density at radius 1 is 1.04 bits per heavy atom. The number of nitrogens with zero attached hydrogens (tertiary/aromatic N) is 3. The maximum Gasteiger partial charge on any atom is 0.159 e. The summed E-state index contributed by atoms with van der Waals surface area (Å²) >= 11 is 0. The van der Waals surface area contributed by atoms with Gasteiger partial charge in [0.2, 0.25) is 0 Å². The average molecular weight is 312 g/mol. The number of nitriles is 1. The van der Waals surface area contributed by atoms with Crippen LogP contribution in [0.4, 0.5) is 0 Å². The molecule has 3 aromatic heterocycles. The Labute approximate surface area is 137 Å². The third kappa shape index (κ3) is 2.22. The van der Waals surface area contributed by atoms with Crippen LogP contribution in [0, 0.1) is 11.3 Å². The van der Waals surface area contributed by atoms with Crippen molar-refractivity contribution in [1.29, 1.82) is 5.26 Å². The van der Waals surface area contributed by atoms with E-state index in [9.17, 15) is 4.79 Å². The summed E-state index contributed by atoms with van der Waals surface area (Å²) in [4.78, 5) is 23.1. The lowest BCUT2D eigenvalue weighted by Gasteiger charge is -2.03. The Balaban J connectivity index is 1.89. The van der Waals surface area contributed by atoms with E-state index >= 15 is 0 Å². The summed E-state index contributed by atoms with van der Waals surface area (Å²) in [6.45, 7) is 1.55. The number of hydrogen-bond acceptors (Lipinski definition) is 4. The maximum atomic E-state index is 11.4. The minimum absolute atomic E-state index is 0.0447. The number of ketones is 1. The summed E-state index contributed by atoms with van der Waals surface area (Å²) in [6.07, 6.45) is 3.44. The molecule has 0 spiro atoms. The first-order valence-corrected chi connectivity index (χ1v) is 7.44. The minimum Gasteiger partial charge on any atom is -0.338 e. The molecule has 0 aliphatic rings. The smallest absolute Gasteiger partial charge is 0.159 e. The first kappa shape index (κ1) is 14.1. The van der Waals surface area contributed by atoms with Crippen molar-refractivity contribution in [2.45, 2.75) is 6.92 Å². The molecule has 1 aromatic carbocycles. The van der Waals surface area contributed by atoms with Gasteiger partial charge >= 0.3 is 0 Å². The molecule has 0 saturated carbocycles. The molecule has 0 bridgehead atoms. The topological polar surface area (TPSA) is 82.4 Å². The van der Waals surface area contributed by atoms with Crippen LogP contribution in [0.25, 0.3) is 33.1 Å². The van der Waals surface area contributed by atoms with Crippen LogP contribution in [0.15, 0.2) is 48.8 Å². The summed E-state index contributed by atoms with van der Waals surface area (Å²) in [7, 11) is 0. The van der Waals surface area contributed by atoms with Crippen LogP contribution in [0.2, 0.25) is 0 Å². The van der Waals surface area contributed by atoms with Crippen molar-refractivity contribution < 1.29 is 4.79 Å². The molecule has 24 heavy (non-hydrogen) atoms. The Hall–Kier alpha value is -3.52. The Kier molecular flexibility index (Phi) is 3.10. The van der Waals surface area contributed by atoms with Crippen LogP contribution in [-0.4, -0.2) is 20.7 Å². The number of rotatable bonds is 2.